The van der Waals surface area contributed by atoms with Crippen LogP contribution >= 0.6 is 0 Å². The standard InChI is InChI=1S/C18H19F2NO3S/c1-12(7-8-13-9-10-15(19)16(20)11-13)21-18(22)14-5-3-4-6-17(14)25(2,23)24/h3-6,9-12H,7-8H2,1-2H3,(H,21,22). The van der Waals surface area contributed by atoms with Crippen molar-refractivity contribution in [2.75, 3.05) is 6.26 Å². The first-order chi connectivity index (χ1) is 11.7. The van der Waals surface area contributed by atoms with E-state index in [2.05, 4.69) is 5.32 Å². The molecule has 1 N–H and O–H groups in total. The molecular formula is C18H19F2NO3S. The number of hydrogen-bond donors (Lipinski definition) is 1. The summed E-state index contributed by atoms with van der Waals surface area (Å²) in [7, 11) is -3.52. The maximum atomic E-state index is 13.2. The minimum Gasteiger partial charge on any atom is -0.350 e. The zero-order valence-corrected chi connectivity index (χ0v) is 14.7. The van der Waals surface area contributed by atoms with Gasteiger partial charge in [-0.25, -0.2) is 17.2 Å². The number of sulfone groups is 1. The van der Waals surface area contributed by atoms with Crippen molar-refractivity contribution in [3.8, 4) is 0 Å². The van der Waals surface area contributed by atoms with Crippen molar-refractivity contribution in [1.82, 2.24) is 5.32 Å². The quantitative estimate of drug-likeness (QED) is 0.853. The van der Waals surface area contributed by atoms with Crippen molar-refractivity contribution >= 4 is 15.7 Å². The van der Waals surface area contributed by atoms with Crippen molar-refractivity contribution in [3.63, 3.8) is 0 Å². The third-order valence-electron chi connectivity index (χ3n) is 3.76. The molecule has 0 aliphatic carbocycles. The van der Waals surface area contributed by atoms with Crippen molar-refractivity contribution in [2.45, 2.75) is 30.7 Å². The predicted molar refractivity (Wildman–Crippen MR) is 91.2 cm³/mol. The lowest BCUT2D eigenvalue weighted by atomic mass is 10.1. The van der Waals surface area contributed by atoms with Crippen LogP contribution in [0.3, 0.4) is 0 Å². The number of carbonyl (C=O) groups is 1. The van der Waals surface area contributed by atoms with E-state index in [1.807, 2.05) is 0 Å². The number of benzene rings is 2. The van der Waals surface area contributed by atoms with E-state index in [4.69, 9.17) is 0 Å². The molecule has 0 aliphatic rings. The molecule has 0 fully saturated rings. The molecule has 0 spiro atoms. The van der Waals surface area contributed by atoms with Crippen LogP contribution in [0.5, 0.6) is 0 Å². The van der Waals surface area contributed by atoms with Crippen LogP contribution in [-0.2, 0) is 16.3 Å². The molecule has 1 amide bonds. The van der Waals surface area contributed by atoms with Gasteiger partial charge in [-0.3, -0.25) is 4.79 Å². The molecule has 134 valence electrons. The zero-order chi connectivity index (χ0) is 18.6. The maximum Gasteiger partial charge on any atom is 0.252 e. The minimum atomic E-state index is -3.52. The topological polar surface area (TPSA) is 63.2 Å². The summed E-state index contributed by atoms with van der Waals surface area (Å²) >= 11 is 0. The third-order valence-corrected chi connectivity index (χ3v) is 4.91. The number of aryl methyl sites for hydroxylation is 1. The molecular weight excluding hydrogens is 348 g/mol. The van der Waals surface area contributed by atoms with Gasteiger partial charge in [-0.1, -0.05) is 18.2 Å². The molecule has 1 unspecified atom stereocenters. The van der Waals surface area contributed by atoms with Crippen LogP contribution in [0.1, 0.15) is 29.3 Å². The second-order valence-electron chi connectivity index (χ2n) is 5.93. The van der Waals surface area contributed by atoms with Gasteiger partial charge < -0.3 is 5.32 Å². The van der Waals surface area contributed by atoms with Crippen LogP contribution in [0.25, 0.3) is 0 Å². The Balaban J connectivity index is 2.02. The summed E-state index contributed by atoms with van der Waals surface area (Å²) < 4.78 is 49.6. The van der Waals surface area contributed by atoms with E-state index in [9.17, 15) is 22.0 Å². The summed E-state index contributed by atoms with van der Waals surface area (Å²) in [6, 6.07) is 9.40. The van der Waals surface area contributed by atoms with Gasteiger partial charge in [0.2, 0.25) is 0 Å². The highest BCUT2D eigenvalue weighted by molar-refractivity contribution is 7.90. The fraction of sp³-hybridized carbons (Fsp3) is 0.278. The van der Waals surface area contributed by atoms with Crippen LogP contribution in [0, 0.1) is 11.6 Å². The summed E-state index contributed by atoms with van der Waals surface area (Å²) in [5, 5.41) is 2.73. The van der Waals surface area contributed by atoms with Gasteiger partial charge in [0, 0.05) is 12.3 Å². The Morgan fingerprint density at radius 3 is 2.44 bits per heavy atom. The number of halogens is 2. The normalized spacial score (nSPS) is 12.6. The molecule has 0 heterocycles. The van der Waals surface area contributed by atoms with Crippen molar-refractivity contribution in [2.24, 2.45) is 0 Å². The van der Waals surface area contributed by atoms with Crippen LogP contribution in [0.4, 0.5) is 8.78 Å². The molecule has 0 saturated carbocycles. The van der Waals surface area contributed by atoms with E-state index in [1.54, 1.807) is 19.1 Å². The first-order valence-corrected chi connectivity index (χ1v) is 9.61. The van der Waals surface area contributed by atoms with E-state index < -0.39 is 27.4 Å². The molecule has 2 rings (SSSR count). The smallest absolute Gasteiger partial charge is 0.252 e. The molecule has 0 aliphatic heterocycles. The number of nitrogens with one attached hydrogen (secondary N) is 1. The Kier molecular flexibility index (Phi) is 5.89. The Morgan fingerprint density at radius 1 is 1.12 bits per heavy atom. The Labute approximate surface area is 145 Å². The van der Waals surface area contributed by atoms with Crippen molar-refractivity contribution < 1.29 is 22.0 Å². The van der Waals surface area contributed by atoms with Gasteiger partial charge in [-0.2, -0.15) is 0 Å². The second kappa shape index (κ2) is 7.74. The monoisotopic (exact) mass is 367 g/mol. The highest BCUT2D eigenvalue weighted by Crippen LogP contribution is 2.16. The molecule has 0 saturated heterocycles. The van der Waals surface area contributed by atoms with Gasteiger partial charge in [0.05, 0.1) is 10.5 Å². The number of carbonyl (C=O) groups excluding carboxylic acids is 1. The van der Waals surface area contributed by atoms with E-state index in [1.165, 1.54) is 18.2 Å². The van der Waals surface area contributed by atoms with E-state index >= 15 is 0 Å². The average molecular weight is 367 g/mol. The lowest BCUT2D eigenvalue weighted by Crippen LogP contribution is -2.33. The SMILES string of the molecule is CC(CCc1ccc(F)c(F)c1)NC(=O)c1ccccc1S(C)(=O)=O. The fourth-order valence-corrected chi connectivity index (χ4v) is 3.32. The highest BCUT2D eigenvalue weighted by atomic mass is 32.2. The van der Waals surface area contributed by atoms with Gasteiger partial charge >= 0.3 is 0 Å². The van der Waals surface area contributed by atoms with Gasteiger partial charge in [-0.05, 0) is 49.6 Å². The maximum absolute atomic E-state index is 13.2. The Morgan fingerprint density at radius 2 is 1.80 bits per heavy atom. The summed E-state index contributed by atoms with van der Waals surface area (Å²) in [4.78, 5) is 12.3. The Bertz CT molecular complexity index is 882. The van der Waals surface area contributed by atoms with E-state index in [0.29, 0.717) is 18.4 Å². The van der Waals surface area contributed by atoms with Crippen LogP contribution < -0.4 is 5.32 Å². The lowest BCUT2D eigenvalue weighted by Gasteiger charge is -2.15. The average Bonchev–Trinajstić information content (AvgIpc) is 2.55. The number of amides is 1. The van der Waals surface area contributed by atoms with Gasteiger partial charge in [0.25, 0.3) is 5.91 Å². The molecule has 0 bridgehead atoms. The fourth-order valence-electron chi connectivity index (χ4n) is 2.43. The zero-order valence-electron chi connectivity index (χ0n) is 13.9. The largest absolute Gasteiger partial charge is 0.350 e. The second-order valence-corrected chi connectivity index (χ2v) is 7.91. The molecule has 7 heteroatoms. The van der Waals surface area contributed by atoms with Crippen molar-refractivity contribution in [1.29, 1.82) is 0 Å². The van der Waals surface area contributed by atoms with E-state index in [0.717, 1.165) is 18.4 Å². The molecule has 25 heavy (non-hydrogen) atoms. The van der Waals surface area contributed by atoms with Gasteiger partial charge in [-0.15, -0.1) is 0 Å². The minimum absolute atomic E-state index is 0.0275. The number of hydrogen-bond acceptors (Lipinski definition) is 3. The summed E-state index contributed by atoms with van der Waals surface area (Å²) in [5.41, 5.74) is 0.709. The molecule has 0 radical (unpaired) electrons. The Hall–Kier alpha value is -2.28. The summed E-state index contributed by atoms with van der Waals surface area (Å²) in [6.07, 6.45) is 2.00. The first-order valence-electron chi connectivity index (χ1n) is 7.72. The summed E-state index contributed by atoms with van der Waals surface area (Å²) in [6.45, 7) is 1.76. The van der Waals surface area contributed by atoms with E-state index in [-0.39, 0.29) is 16.5 Å². The lowest BCUT2D eigenvalue weighted by molar-refractivity contribution is 0.0935. The predicted octanol–water partition coefficient (Wildman–Crippen LogP) is 3.12. The summed E-state index contributed by atoms with van der Waals surface area (Å²) in [5.74, 6) is -2.29. The number of rotatable bonds is 6. The van der Waals surface area contributed by atoms with Crippen LogP contribution in [-0.4, -0.2) is 26.6 Å². The third kappa shape index (κ3) is 5.09. The van der Waals surface area contributed by atoms with Gasteiger partial charge in [0.15, 0.2) is 21.5 Å². The van der Waals surface area contributed by atoms with Gasteiger partial charge in [0.1, 0.15) is 0 Å². The molecule has 2 aromatic carbocycles. The molecule has 0 aromatic heterocycles. The molecule has 1 atom stereocenters. The van der Waals surface area contributed by atoms with Crippen LogP contribution in [0.15, 0.2) is 47.4 Å². The first kappa shape index (κ1) is 19.1. The highest BCUT2D eigenvalue weighted by Gasteiger charge is 2.19. The molecule has 2 aromatic rings. The van der Waals surface area contributed by atoms with Crippen LogP contribution in [0.2, 0.25) is 0 Å². The molecule has 4 nitrogen and oxygen atoms in total. The van der Waals surface area contributed by atoms with Crippen molar-refractivity contribution in [3.05, 3.63) is 65.2 Å².